The molecule has 2 N–H and O–H groups in total. The molecule has 0 aliphatic carbocycles. The van der Waals surface area contributed by atoms with Crippen LogP contribution in [-0.4, -0.2) is 17.2 Å². The van der Waals surface area contributed by atoms with Crippen LogP contribution in [0.2, 0.25) is 0 Å². The number of phenolic OH excluding ortho intramolecular Hbond substituents is 1. The highest BCUT2D eigenvalue weighted by atomic mass is 79.9. The van der Waals surface area contributed by atoms with Crippen molar-refractivity contribution in [3.8, 4) is 11.5 Å². The summed E-state index contributed by atoms with van der Waals surface area (Å²) < 4.78 is 5.79. The lowest BCUT2D eigenvalue weighted by Gasteiger charge is -2.13. The molecule has 1 aromatic heterocycles. The van der Waals surface area contributed by atoms with Gasteiger partial charge in [0.2, 0.25) is 0 Å². The van der Waals surface area contributed by atoms with Crippen molar-refractivity contribution in [1.29, 1.82) is 0 Å². The molecule has 6 heteroatoms. The number of ether oxygens (including phenoxy) is 1. The Labute approximate surface area is 137 Å². The number of nitrogens with one attached hydrogen (secondary N) is 1. The number of rotatable bonds is 6. The zero-order valence-electron chi connectivity index (χ0n) is 12.3. The molecule has 0 saturated carbocycles. The average Bonchev–Trinajstić information content (AvgIpc) is 2.97. The molecule has 2 aromatic rings. The molecule has 1 atom stereocenters. The first-order valence-electron chi connectivity index (χ1n) is 6.78. The molecule has 0 spiro atoms. The molecular formula is C15H19BrN2O2S. The van der Waals surface area contributed by atoms with Crippen molar-refractivity contribution in [3.63, 3.8) is 0 Å². The van der Waals surface area contributed by atoms with Gasteiger partial charge in [-0.15, -0.1) is 11.3 Å². The topological polar surface area (TPSA) is 54.4 Å². The van der Waals surface area contributed by atoms with Crippen molar-refractivity contribution in [2.45, 2.75) is 32.9 Å². The Morgan fingerprint density at radius 2 is 2.24 bits per heavy atom. The SMILES string of the molecule is CCc1cnc(C(C)NCc2cc(Br)c(O)c(OC)c2)s1. The molecule has 0 aliphatic heterocycles. The summed E-state index contributed by atoms with van der Waals surface area (Å²) in [7, 11) is 1.54. The molecule has 0 saturated heterocycles. The molecule has 0 radical (unpaired) electrons. The van der Waals surface area contributed by atoms with Crippen molar-refractivity contribution in [2.24, 2.45) is 0 Å². The fourth-order valence-corrected chi connectivity index (χ4v) is 3.30. The summed E-state index contributed by atoms with van der Waals surface area (Å²) in [5.41, 5.74) is 1.04. The summed E-state index contributed by atoms with van der Waals surface area (Å²) in [5.74, 6) is 0.596. The number of benzene rings is 1. The van der Waals surface area contributed by atoms with Crippen LogP contribution in [-0.2, 0) is 13.0 Å². The molecule has 4 nitrogen and oxygen atoms in total. The fourth-order valence-electron chi connectivity index (χ4n) is 1.93. The van der Waals surface area contributed by atoms with E-state index in [-0.39, 0.29) is 11.8 Å². The zero-order chi connectivity index (χ0) is 15.4. The van der Waals surface area contributed by atoms with E-state index in [0.29, 0.717) is 16.8 Å². The third kappa shape index (κ3) is 3.96. The summed E-state index contributed by atoms with van der Waals surface area (Å²) in [6.45, 7) is 4.91. The van der Waals surface area contributed by atoms with E-state index in [1.165, 1.54) is 4.88 Å². The summed E-state index contributed by atoms with van der Waals surface area (Å²) >= 11 is 5.08. The highest BCUT2D eigenvalue weighted by Crippen LogP contribution is 2.35. The molecule has 0 bridgehead atoms. The number of aromatic nitrogens is 1. The Bertz CT molecular complexity index is 616. The maximum atomic E-state index is 9.81. The van der Waals surface area contributed by atoms with E-state index in [4.69, 9.17) is 4.74 Å². The molecule has 114 valence electrons. The van der Waals surface area contributed by atoms with Crippen molar-refractivity contribution >= 4 is 27.3 Å². The minimum Gasteiger partial charge on any atom is -0.503 e. The standard InChI is InChI=1S/C15H19BrN2O2S/c1-4-11-8-18-15(21-11)9(2)17-7-10-5-12(16)14(19)13(6-10)20-3/h5-6,8-9,17,19H,4,7H2,1-3H3. The van der Waals surface area contributed by atoms with E-state index in [2.05, 4.69) is 40.1 Å². The zero-order valence-corrected chi connectivity index (χ0v) is 14.7. The van der Waals surface area contributed by atoms with Gasteiger partial charge in [-0.05, 0) is 47.0 Å². The van der Waals surface area contributed by atoms with E-state index < -0.39 is 0 Å². The van der Waals surface area contributed by atoms with Gasteiger partial charge in [-0.1, -0.05) is 6.92 Å². The summed E-state index contributed by atoms with van der Waals surface area (Å²) in [5, 5.41) is 14.3. The van der Waals surface area contributed by atoms with E-state index >= 15 is 0 Å². The van der Waals surface area contributed by atoms with Crippen LogP contribution in [0.3, 0.4) is 0 Å². The number of thiazole rings is 1. The van der Waals surface area contributed by atoms with E-state index in [0.717, 1.165) is 17.0 Å². The summed E-state index contributed by atoms with van der Waals surface area (Å²) in [6, 6.07) is 3.91. The third-order valence-corrected chi connectivity index (χ3v) is 5.14. The number of aromatic hydroxyl groups is 1. The fraction of sp³-hybridized carbons (Fsp3) is 0.400. The molecular weight excluding hydrogens is 352 g/mol. The van der Waals surface area contributed by atoms with Crippen molar-refractivity contribution < 1.29 is 9.84 Å². The Kier molecular flexibility index (Phi) is 5.61. The lowest BCUT2D eigenvalue weighted by molar-refractivity contribution is 0.371. The predicted octanol–water partition coefficient (Wildman–Crippen LogP) is 4.03. The van der Waals surface area contributed by atoms with Crippen LogP contribution < -0.4 is 10.1 Å². The first-order chi connectivity index (χ1) is 10.0. The molecule has 0 aliphatic rings. The van der Waals surface area contributed by atoms with Crippen LogP contribution in [0.15, 0.2) is 22.8 Å². The van der Waals surface area contributed by atoms with Gasteiger partial charge in [-0.2, -0.15) is 0 Å². The number of nitrogens with zero attached hydrogens (tertiary/aromatic N) is 1. The maximum Gasteiger partial charge on any atom is 0.172 e. The number of hydrogen-bond acceptors (Lipinski definition) is 5. The minimum absolute atomic E-state index is 0.127. The third-order valence-electron chi connectivity index (χ3n) is 3.21. The van der Waals surface area contributed by atoms with Gasteiger partial charge in [0, 0.05) is 17.6 Å². The Balaban J connectivity index is 2.04. The quantitative estimate of drug-likeness (QED) is 0.805. The molecule has 0 amide bonds. The summed E-state index contributed by atoms with van der Waals surface area (Å²) in [6.07, 6.45) is 2.96. The van der Waals surface area contributed by atoms with Crippen LogP contribution in [0.25, 0.3) is 0 Å². The molecule has 0 fully saturated rings. The van der Waals surface area contributed by atoms with Crippen LogP contribution in [0.5, 0.6) is 11.5 Å². The second-order valence-corrected chi connectivity index (χ2v) is 6.75. The normalized spacial score (nSPS) is 12.4. The maximum absolute atomic E-state index is 9.81. The molecule has 1 heterocycles. The highest BCUT2D eigenvalue weighted by Gasteiger charge is 2.12. The lowest BCUT2D eigenvalue weighted by Crippen LogP contribution is -2.17. The van der Waals surface area contributed by atoms with Crippen molar-refractivity contribution in [2.75, 3.05) is 7.11 Å². The number of hydrogen-bond donors (Lipinski definition) is 2. The van der Waals surface area contributed by atoms with Gasteiger partial charge in [0.25, 0.3) is 0 Å². The van der Waals surface area contributed by atoms with E-state index in [9.17, 15) is 5.11 Å². The minimum atomic E-state index is 0.127. The van der Waals surface area contributed by atoms with Crippen LogP contribution in [0.4, 0.5) is 0 Å². The lowest BCUT2D eigenvalue weighted by atomic mass is 10.2. The second-order valence-electron chi connectivity index (χ2n) is 4.75. The van der Waals surface area contributed by atoms with Gasteiger partial charge in [-0.3, -0.25) is 0 Å². The van der Waals surface area contributed by atoms with Crippen LogP contribution >= 0.6 is 27.3 Å². The predicted molar refractivity (Wildman–Crippen MR) is 89.1 cm³/mol. The number of phenols is 1. The molecule has 1 unspecified atom stereocenters. The van der Waals surface area contributed by atoms with Gasteiger partial charge in [-0.25, -0.2) is 4.98 Å². The first-order valence-corrected chi connectivity index (χ1v) is 8.39. The van der Waals surface area contributed by atoms with E-state index in [1.54, 1.807) is 18.4 Å². The number of methoxy groups -OCH3 is 1. The Morgan fingerprint density at radius 3 is 2.86 bits per heavy atom. The number of halogens is 1. The highest BCUT2D eigenvalue weighted by molar-refractivity contribution is 9.10. The average molecular weight is 371 g/mol. The molecule has 1 aromatic carbocycles. The second kappa shape index (κ2) is 7.24. The smallest absolute Gasteiger partial charge is 0.172 e. The van der Waals surface area contributed by atoms with Gasteiger partial charge < -0.3 is 15.2 Å². The molecule has 2 rings (SSSR count). The van der Waals surface area contributed by atoms with Gasteiger partial charge in [0.05, 0.1) is 17.6 Å². The Morgan fingerprint density at radius 1 is 1.48 bits per heavy atom. The monoisotopic (exact) mass is 370 g/mol. The largest absolute Gasteiger partial charge is 0.503 e. The van der Waals surface area contributed by atoms with Crippen molar-refractivity contribution in [1.82, 2.24) is 10.3 Å². The molecule has 21 heavy (non-hydrogen) atoms. The van der Waals surface area contributed by atoms with Crippen LogP contribution in [0.1, 0.15) is 35.3 Å². The Hall–Kier alpha value is -1.11. The van der Waals surface area contributed by atoms with Crippen molar-refractivity contribution in [3.05, 3.63) is 38.3 Å². The first kappa shape index (κ1) is 16.3. The van der Waals surface area contributed by atoms with E-state index in [1.807, 2.05) is 18.3 Å². The van der Waals surface area contributed by atoms with Crippen LogP contribution in [0, 0.1) is 0 Å². The van der Waals surface area contributed by atoms with Gasteiger partial charge in [0.1, 0.15) is 5.01 Å². The summed E-state index contributed by atoms with van der Waals surface area (Å²) in [4.78, 5) is 5.75. The number of aryl methyl sites for hydroxylation is 1. The van der Waals surface area contributed by atoms with Gasteiger partial charge in [0.15, 0.2) is 11.5 Å². The van der Waals surface area contributed by atoms with Gasteiger partial charge >= 0.3 is 0 Å².